The predicted octanol–water partition coefficient (Wildman–Crippen LogP) is 2.11. The van der Waals surface area contributed by atoms with Gasteiger partial charge in [-0.2, -0.15) is 0 Å². The van der Waals surface area contributed by atoms with Crippen molar-refractivity contribution in [2.24, 2.45) is 0 Å². The summed E-state index contributed by atoms with van der Waals surface area (Å²) in [6.07, 6.45) is 1.40. The molecule has 3 rings (SSSR count). The molecule has 2 atom stereocenters. The van der Waals surface area contributed by atoms with Crippen molar-refractivity contribution in [1.29, 1.82) is 0 Å². The molecule has 2 amide bonds. The lowest BCUT2D eigenvalue weighted by atomic mass is 10.0. The third-order valence-electron chi connectivity index (χ3n) is 5.04. The average Bonchev–Trinajstić information content (AvgIpc) is 3.29. The number of hydrogen-bond donors (Lipinski definition) is 1. The summed E-state index contributed by atoms with van der Waals surface area (Å²) in [6.45, 7) is 3.45. The maximum Gasteiger partial charge on any atom is 0.327 e. The van der Waals surface area contributed by atoms with E-state index in [-0.39, 0.29) is 17.6 Å². The molecule has 9 heteroatoms. The van der Waals surface area contributed by atoms with E-state index in [0.29, 0.717) is 31.2 Å². The van der Waals surface area contributed by atoms with Crippen LogP contribution in [0.2, 0.25) is 5.02 Å². The number of benzene rings is 1. The summed E-state index contributed by atoms with van der Waals surface area (Å²) >= 11 is 6.09. The van der Waals surface area contributed by atoms with Crippen LogP contribution in [-0.2, 0) is 14.3 Å². The van der Waals surface area contributed by atoms with Crippen LogP contribution in [0.25, 0.3) is 0 Å². The monoisotopic (exact) mass is 433 g/mol. The number of halogens is 1. The summed E-state index contributed by atoms with van der Waals surface area (Å²) in [7, 11) is 1.35. The second kappa shape index (κ2) is 9.77. The topological polar surface area (TPSA) is 92.1 Å². The Kier molecular flexibility index (Phi) is 7.12. The van der Waals surface area contributed by atoms with E-state index in [1.807, 2.05) is 11.0 Å². The van der Waals surface area contributed by atoms with E-state index in [2.05, 4.69) is 5.32 Å². The molecule has 0 aliphatic carbocycles. The standard InChI is InChI=1S/C21H24ClN3O5/c1-14(23-19(26)17-7-4-12-30-17)20(27)25-10-8-24(9-11-25)18(21(28)29-2)15-5-3-6-16(22)13-15/h3-7,12-14,18H,8-11H2,1-2H3,(H,23,26)/t14-,18+/m0/s1. The van der Waals surface area contributed by atoms with Crippen molar-refractivity contribution < 1.29 is 23.5 Å². The van der Waals surface area contributed by atoms with Gasteiger partial charge in [-0.1, -0.05) is 23.7 Å². The maximum atomic E-state index is 12.7. The fourth-order valence-corrected chi connectivity index (χ4v) is 3.69. The number of rotatable bonds is 6. The van der Waals surface area contributed by atoms with Gasteiger partial charge in [-0.25, -0.2) is 4.79 Å². The van der Waals surface area contributed by atoms with Gasteiger partial charge in [0, 0.05) is 31.2 Å². The molecule has 1 fully saturated rings. The molecule has 0 bridgehead atoms. The van der Waals surface area contributed by atoms with E-state index in [1.165, 1.54) is 19.4 Å². The van der Waals surface area contributed by atoms with E-state index < -0.39 is 18.0 Å². The quantitative estimate of drug-likeness (QED) is 0.701. The third-order valence-corrected chi connectivity index (χ3v) is 5.28. The first kappa shape index (κ1) is 21.9. The summed E-state index contributed by atoms with van der Waals surface area (Å²) in [5.41, 5.74) is 0.744. The number of nitrogens with zero attached hydrogens (tertiary/aromatic N) is 2. The van der Waals surface area contributed by atoms with Crippen LogP contribution >= 0.6 is 11.6 Å². The summed E-state index contributed by atoms with van der Waals surface area (Å²) in [4.78, 5) is 40.9. The van der Waals surface area contributed by atoms with Gasteiger partial charge in [0.15, 0.2) is 5.76 Å². The summed E-state index contributed by atoms with van der Waals surface area (Å²) in [5, 5.41) is 3.18. The first-order valence-electron chi connectivity index (χ1n) is 9.61. The van der Waals surface area contributed by atoms with Crippen LogP contribution in [0.3, 0.4) is 0 Å². The summed E-state index contributed by atoms with van der Waals surface area (Å²) < 4.78 is 10.0. The first-order valence-corrected chi connectivity index (χ1v) is 9.99. The van der Waals surface area contributed by atoms with Gasteiger partial charge in [0.2, 0.25) is 5.91 Å². The number of ether oxygens (including phenoxy) is 1. The number of piperazine rings is 1. The summed E-state index contributed by atoms with van der Waals surface area (Å²) in [5.74, 6) is -0.851. The first-order chi connectivity index (χ1) is 14.4. The molecule has 0 radical (unpaired) electrons. The second-order valence-corrected chi connectivity index (χ2v) is 7.45. The molecular weight excluding hydrogens is 410 g/mol. The summed E-state index contributed by atoms with van der Waals surface area (Å²) in [6, 6.07) is 8.96. The van der Waals surface area contributed by atoms with Gasteiger partial charge in [0.25, 0.3) is 5.91 Å². The number of methoxy groups -OCH3 is 1. The van der Waals surface area contributed by atoms with Gasteiger partial charge in [-0.15, -0.1) is 0 Å². The van der Waals surface area contributed by atoms with Crippen molar-refractivity contribution in [3.8, 4) is 0 Å². The Morgan fingerprint density at radius 1 is 1.13 bits per heavy atom. The molecule has 0 spiro atoms. The number of carbonyl (C=O) groups excluding carboxylic acids is 3. The molecule has 1 aliphatic rings. The van der Waals surface area contributed by atoms with Crippen LogP contribution in [0.15, 0.2) is 47.1 Å². The van der Waals surface area contributed by atoms with E-state index in [1.54, 1.807) is 36.1 Å². The number of esters is 1. The van der Waals surface area contributed by atoms with Crippen LogP contribution in [-0.4, -0.2) is 66.9 Å². The predicted molar refractivity (Wildman–Crippen MR) is 110 cm³/mol. The lowest BCUT2D eigenvalue weighted by molar-refractivity contribution is -0.148. The second-order valence-electron chi connectivity index (χ2n) is 7.01. The largest absolute Gasteiger partial charge is 0.468 e. The van der Waals surface area contributed by atoms with Gasteiger partial charge in [0.1, 0.15) is 12.1 Å². The highest BCUT2D eigenvalue weighted by Gasteiger charge is 2.33. The van der Waals surface area contributed by atoms with Crippen LogP contribution in [0.5, 0.6) is 0 Å². The Bertz CT molecular complexity index is 894. The third kappa shape index (κ3) is 5.01. The smallest absolute Gasteiger partial charge is 0.327 e. The molecular formula is C21H24ClN3O5. The fourth-order valence-electron chi connectivity index (χ4n) is 3.50. The van der Waals surface area contributed by atoms with Crippen LogP contribution < -0.4 is 5.32 Å². The molecule has 160 valence electrons. The molecule has 0 saturated carbocycles. The Morgan fingerprint density at radius 3 is 2.47 bits per heavy atom. The van der Waals surface area contributed by atoms with Crippen molar-refractivity contribution in [2.45, 2.75) is 19.0 Å². The highest BCUT2D eigenvalue weighted by molar-refractivity contribution is 6.30. The lowest BCUT2D eigenvalue weighted by Crippen LogP contribution is -2.55. The zero-order valence-corrected chi connectivity index (χ0v) is 17.6. The molecule has 2 heterocycles. The minimum atomic E-state index is -0.696. The molecule has 30 heavy (non-hydrogen) atoms. The van der Waals surface area contributed by atoms with Crippen LogP contribution in [0.1, 0.15) is 29.1 Å². The SMILES string of the molecule is COC(=O)[C@@H](c1cccc(Cl)c1)N1CCN(C(=O)[C@H](C)NC(=O)c2ccco2)CC1. The number of amides is 2. The van der Waals surface area contributed by atoms with E-state index in [9.17, 15) is 14.4 Å². The van der Waals surface area contributed by atoms with Gasteiger partial charge in [-0.3, -0.25) is 14.5 Å². The van der Waals surface area contributed by atoms with Crippen molar-refractivity contribution in [3.05, 3.63) is 59.0 Å². The Morgan fingerprint density at radius 2 is 1.87 bits per heavy atom. The zero-order valence-electron chi connectivity index (χ0n) is 16.8. The molecule has 0 unspecified atom stereocenters. The number of furan rings is 1. The van der Waals surface area contributed by atoms with Crippen LogP contribution in [0.4, 0.5) is 0 Å². The Hall–Kier alpha value is -2.84. The van der Waals surface area contributed by atoms with Crippen LogP contribution in [0, 0.1) is 0 Å². The van der Waals surface area contributed by atoms with Gasteiger partial charge < -0.3 is 19.4 Å². The van der Waals surface area contributed by atoms with Crippen molar-refractivity contribution in [1.82, 2.24) is 15.1 Å². The number of carbonyl (C=O) groups is 3. The van der Waals surface area contributed by atoms with Gasteiger partial charge in [0.05, 0.1) is 13.4 Å². The highest BCUT2D eigenvalue weighted by Crippen LogP contribution is 2.26. The van der Waals surface area contributed by atoms with Crippen molar-refractivity contribution in [2.75, 3.05) is 33.3 Å². The normalized spacial score (nSPS) is 16.6. The molecule has 1 aliphatic heterocycles. The van der Waals surface area contributed by atoms with Crippen molar-refractivity contribution >= 4 is 29.4 Å². The zero-order chi connectivity index (χ0) is 21.7. The van der Waals surface area contributed by atoms with Gasteiger partial charge >= 0.3 is 5.97 Å². The highest BCUT2D eigenvalue weighted by atomic mass is 35.5. The van der Waals surface area contributed by atoms with E-state index in [4.69, 9.17) is 20.8 Å². The van der Waals surface area contributed by atoms with Gasteiger partial charge in [-0.05, 0) is 36.8 Å². The number of nitrogens with one attached hydrogen (secondary N) is 1. The molecule has 8 nitrogen and oxygen atoms in total. The molecule has 2 aromatic rings. The average molecular weight is 434 g/mol. The maximum absolute atomic E-state index is 12.7. The fraction of sp³-hybridized carbons (Fsp3) is 0.381. The van der Waals surface area contributed by atoms with E-state index in [0.717, 1.165) is 5.56 Å². The molecule has 1 saturated heterocycles. The minimum absolute atomic E-state index is 0.155. The Balaban J connectivity index is 1.61. The van der Waals surface area contributed by atoms with Crippen molar-refractivity contribution in [3.63, 3.8) is 0 Å². The van der Waals surface area contributed by atoms with E-state index >= 15 is 0 Å². The Labute approximate surface area is 179 Å². The minimum Gasteiger partial charge on any atom is -0.468 e. The lowest BCUT2D eigenvalue weighted by Gasteiger charge is -2.39. The number of hydrogen-bond acceptors (Lipinski definition) is 6. The molecule has 1 aromatic carbocycles. The molecule has 1 N–H and O–H groups in total. The molecule has 1 aromatic heterocycles.